The third kappa shape index (κ3) is 11.5. The van der Waals surface area contributed by atoms with Gasteiger partial charge >= 0.3 is 0 Å². The summed E-state index contributed by atoms with van der Waals surface area (Å²) >= 11 is 0. The van der Waals surface area contributed by atoms with Gasteiger partial charge in [-0.3, -0.25) is 0 Å². The highest BCUT2D eigenvalue weighted by Crippen LogP contribution is 2.30. The monoisotopic (exact) mass is 338 g/mol. The molecule has 0 saturated carbocycles. The molecule has 0 amide bonds. The van der Waals surface area contributed by atoms with Gasteiger partial charge in [0.15, 0.2) is 0 Å². The molecule has 0 N–H and O–H groups in total. The summed E-state index contributed by atoms with van der Waals surface area (Å²) in [6, 6.07) is 0. The molecule has 4 atom stereocenters. The van der Waals surface area contributed by atoms with Crippen molar-refractivity contribution in [2.24, 2.45) is 29.6 Å². The van der Waals surface area contributed by atoms with E-state index in [0.717, 1.165) is 29.6 Å². The van der Waals surface area contributed by atoms with Crippen LogP contribution in [0.3, 0.4) is 0 Å². The Morgan fingerprint density at radius 2 is 1.08 bits per heavy atom. The Morgan fingerprint density at radius 1 is 0.542 bits per heavy atom. The largest absolute Gasteiger partial charge is 0.0654 e. The van der Waals surface area contributed by atoms with E-state index < -0.39 is 0 Å². The van der Waals surface area contributed by atoms with Crippen LogP contribution in [0.25, 0.3) is 0 Å². The van der Waals surface area contributed by atoms with E-state index >= 15 is 0 Å². The zero-order chi connectivity index (χ0) is 18.4. The van der Waals surface area contributed by atoms with Crippen molar-refractivity contribution in [2.75, 3.05) is 0 Å². The molecule has 0 aliphatic carbocycles. The van der Waals surface area contributed by atoms with E-state index in [2.05, 4.69) is 48.5 Å². The zero-order valence-electron chi connectivity index (χ0n) is 18.4. The quantitative estimate of drug-likeness (QED) is 0.246. The molecule has 0 radical (unpaired) electrons. The lowest BCUT2D eigenvalue weighted by atomic mass is 9.80. The van der Waals surface area contributed by atoms with Crippen LogP contribution in [-0.2, 0) is 0 Å². The molecule has 0 aromatic rings. The fraction of sp³-hybridized carbons (Fsp3) is 1.00. The van der Waals surface area contributed by atoms with Gasteiger partial charge in [0.1, 0.15) is 0 Å². The molecule has 0 aromatic carbocycles. The molecule has 0 heteroatoms. The Labute approximate surface area is 155 Å². The van der Waals surface area contributed by atoms with E-state index in [-0.39, 0.29) is 0 Å². The summed E-state index contributed by atoms with van der Waals surface area (Å²) in [6.45, 7) is 16.8. The van der Waals surface area contributed by atoms with Crippen molar-refractivity contribution < 1.29 is 0 Å². The standard InChI is InChI=1S/C24H50/c1-8-11-16-23(20(4)5)18-14-19-24(22(7)10-3)17-13-12-15-21(6)9-2/h20-24H,8-19H2,1-7H3. The summed E-state index contributed by atoms with van der Waals surface area (Å²) in [5.41, 5.74) is 0. The molecule has 0 aliphatic rings. The van der Waals surface area contributed by atoms with Gasteiger partial charge in [0, 0.05) is 0 Å². The van der Waals surface area contributed by atoms with Crippen molar-refractivity contribution >= 4 is 0 Å². The first kappa shape index (κ1) is 24.0. The second kappa shape index (κ2) is 15.3. The van der Waals surface area contributed by atoms with Crippen molar-refractivity contribution in [1.82, 2.24) is 0 Å². The van der Waals surface area contributed by atoms with Crippen LogP contribution in [0.1, 0.15) is 126 Å². The van der Waals surface area contributed by atoms with E-state index in [9.17, 15) is 0 Å². The molecule has 0 rings (SSSR count). The lowest BCUT2D eigenvalue weighted by molar-refractivity contribution is 0.260. The molecule has 0 heterocycles. The van der Waals surface area contributed by atoms with Crippen molar-refractivity contribution in [1.29, 1.82) is 0 Å². The second-order valence-electron chi connectivity index (χ2n) is 9.02. The van der Waals surface area contributed by atoms with Crippen LogP contribution in [0.5, 0.6) is 0 Å². The normalized spacial score (nSPS) is 17.0. The van der Waals surface area contributed by atoms with Crippen LogP contribution in [0.4, 0.5) is 0 Å². The van der Waals surface area contributed by atoms with Crippen LogP contribution in [0.2, 0.25) is 0 Å². The molecule has 0 nitrogen and oxygen atoms in total. The Morgan fingerprint density at radius 3 is 1.62 bits per heavy atom. The molecular weight excluding hydrogens is 288 g/mol. The summed E-state index contributed by atoms with van der Waals surface area (Å²) in [7, 11) is 0. The number of hydrogen-bond donors (Lipinski definition) is 0. The first-order valence-corrected chi connectivity index (χ1v) is 11.5. The molecule has 0 saturated heterocycles. The van der Waals surface area contributed by atoms with Crippen LogP contribution in [-0.4, -0.2) is 0 Å². The maximum Gasteiger partial charge on any atom is -0.0389 e. The van der Waals surface area contributed by atoms with Crippen LogP contribution >= 0.6 is 0 Å². The van der Waals surface area contributed by atoms with E-state index in [1.54, 1.807) is 0 Å². The first-order valence-electron chi connectivity index (χ1n) is 11.5. The topological polar surface area (TPSA) is 0 Å². The molecule has 0 bridgehead atoms. The van der Waals surface area contributed by atoms with Crippen molar-refractivity contribution in [3.05, 3.63) is 0 Å². The maximum absolute atomic E-state index is 2.50. The summed E-state index contributed by atoms with van der Waals surface area (Å²) in [5, 5.41) is 0. The molecular formula is C24H50. The average molecular weight is 339 g/mol. The third-order valence-electron chi connectivity index (χ3n) is 6.69. The lowest BCUT2D eigenvalue weighted by Crippen LogP contribution is -2.14. The van der Waals surface area contributed by atoms with Crippen LogP contribution in [0, 0.1) is 29.6 Å². The van der Waals surface area contributed by atoms with Crippen LogP contribution in [0.15, 0.2) is 0 Å². The van der Waals surface area contributed by atoms with Gasteiger partial charge in [-0.1, -0.05) is 126 Å². The Hall–Kier alpha value is 0. The third-order valence-corrected chi connectivity index (χ3v) is 6.69. The smallest absolute Gasteiger partial charge is 0.0389 e. The summed E-state index contributed by atoms with van der Waals surface area (Å²) in [6.07, 6.45) is 17.2. The fourth-order valence-electron chi connectivity index (χ4n) is 4.07. The number of hydrogen-bond acceptors (Lipinski definition) is 0. The Balaban J connectivity index is 4.17. The van der Waals surface area contributed by atoms with Gasteiger partial charge in [-0.05, 0) is 29.6 Å². The average Bonchev–Trinajstić information content (AvgIpc) is 2.58. The molecule has 0 spiro atoms. The number of rotatable bonds is 16. The minimum Gasteiger partial charge on any atom is -0.0654 e. The van der Waals surface area contributed by atoms with Gasteiger partial charge in [0.25, 0.3) is 0 Å². The van der Waals surface area contributed by atoms with Gasteiger partial charge in [0.05, 0.1) is 0 Å². The van der Waals surface area contributed by atoms with Gasteiger partial charge in [0.2, 0.25) is 0 Å². The highest BCUT2D eigenvalue weighted by Gasteiger charge is 2.18. The highest BCUT2D eigenvalue weighted by molar-refractivity contribution is 4.69. The van der Waals surface area contributed by atoms with Gasteiger partial charge < -0.3 is 0 Å². The van der Waals surface area contributed by atoms with Gasteiger partial charge in [-0.25, -0.2) is 0 Å². The van der Waals surface area contributed by atoms with Gasteiger partial charge in [-0.2, -0.15) is 0 Å². The van der Waals surface area contributed by atoms with E-state index in [1.807, 2.05) is 0 Å². The molecule has 0 fully saturated rings. The van der Waals surface area contributed by atoms with Crippen molar-refractivity contribution in [2.45, 2.75) is 126 Å². The fourth-order valence-corrected chi connectivity index (χ4v) is 4.07. The lowest BCUT2D eigenvalue weighted by Gasteiger charge is -2.26. The van der Waals surface area contributed by atoms with E-state index in [0.29, 0.717) is 0 Å². The van der Waals surface area contributed by atoms with E-state index in [1.165, 1.54) is 77.0 Å². The predicted octanol–water partition coefficient (Wildman–Crippen LogP) is 8.89. The molecule has 4 unspecified atom stereocenters. The highest BCUT2D eigenvalue weighted by atomic mass is 14.2. The molecule has 146 valence electrons. The SMILES string of the molecule is CCCCC(CCCC(CCCCC(C)CC)C(C)CC)C(C)C. The van der Waals surface area contributed by atoms with Gasteiger partial charge in [-0.15, -0.1) is 0 Å². The zero-order valence-corrected chi connectivity index (χ0v) is 18.4. The summed E-state index contributed by atoms with van der Waals surface area (Å²) in [4.78, 5) is 0. The second-order valence-corrected chi connectivity index (χ2v) is 9.02. The Bertz CT molecular complexity index is 255. The van der Waals surface area contributed by atoms with E-state index in [4.69, 9.17) is 0 Å². The Kier molecular flexibility index (Phi) is 15.3. The van der Waals surface area contributed by atoms with Crippen molar-refractivity contribution in [3.8, 4) is 0 Å². The summed E-state index contributed by atoms with van der Waals surface area (Å²) < 4.78 is 0. The summed E-state index contributed by atoms with van der Waals surface area (Å²) in [5.74, 6) is 4.66. The molecule has 0 aromatic heterocycles. The molecule has 0 aliphatic heterocycles. The van der Waals surface area contributed by atoms with Crippen molar-refractivity contribution in [3.63, 3.8) is 0 Å². The maximum atomic E-state index is 2.50. The minimum atomic E-state index is 0.870. The molecule has 24 heavy (non-hydrogen) atoms. The van der Waals surface area contributed by atoms with Crippen LogP contribution < -0.4 is 0 Å². The predicted molar refractivity (Wildman–Crippen MR) is 113 cm³/mol. The number of unbranched alkanes of at least 4 members (excludes halogenated alkanes) is 2. The minimum absolute atomic E-state index is 0.870. The first-order chi connectivity index (χ1) is 11.5.